The van der Waals surface area contributed by atoms with E-state index in [1.807, 2.05) is 25.1 Å². The van der Waals surface area contributed by atoms with Crippen LogP contribution in [0.3, 0.4) is 0 Å². The predicted molar refractivity (Wildman–Crippen MR) is 105 cm³/mol. The van der Waals surface area contributed by atoms with E-state index in [9.17, 15) is 4.79 Å². The molecule has 0 amide bonds. The Balaban J connectivity index is 0.00000312. The molecule has 4 nitrogen and oxygen atoms in total. The molecule has 0 atom stereocenters. The van der Waals surface area contributed by atoms with Crippen molar-refractivity contribution in [3.63, 3.8) is 0 Å². The van der Waals surface area contributed by atoms with Crippen LogP contribution >= 0.6 is 35.6 Å². The number of nitrogens with zero attached hydrogens (tertiary/aromatic N) is 1. The normalized spacial score (nSPS) is 10.3. The zero-order valence-electron chi connectivity index (χ0n) is 14.2. The number of halogens is 3. The molecule has 0 unspecified atom stereocenters. The first-order valence-electron chi connectivity index (χ1n) is 7.37. The Hall–Kier alpha value is -1.46. The van der Waals surface area contributed by atoms with Crippen molar-refractivity contribution in [1.82, 2.24) is 4.90 Å². The number of esters is 1. The van der Waals surface area contributed by atoms with Crippen LogP contribution in [0.4, 0.5) is 0 Å². The lowest BCUT2D eigenvalue weighted by molar-refractivity contribution is 0.0600. The molecule has 0 saturated carbocycles. The number of carbonyl (C=O) groups excluding carboxylic acids is 1. The lowest BCUT2D eigenvalue weighted by Crippen LogP contribution is -2.19. The molecule has 0 saturated heterocycles. The average molecular weight is 405 g/mol. The summed E-state index contributed by atoms with van der Waals surface area (Å²) in [6.45, 7) is 1.26. The third kappa shape index (κ3) is 6.08. The van der Waals surface area contributed by atoms with Crippen LogP contribution in [0, 0.1) is 0 Å². The molecule has 0 N–H and O–H groups in total. The zero-order valence-corrected chi connectivity index (χ0v) is 16.5. The van der Waals surface area contributed by atoms with Gasteiger partial charge in [0.25, 0.3) is 0 Å². The number of hydrogen-bond donors (Lipinski definition) is 0. The summed E-state index contributed by atoms with van der Waals surface area (Å²) in [6, 6.07) is 10.4. The number of ether oxygens (including phenoxy) is 2. The molecular formula is C18H20Cl3NO3. The number of rotatable bonds is 6. The summed E-state index contributed by atoms with van der Waals surface area (Å²) >= 11 is 12.3. The second kappa shape index (κ2) is 9.88. The Morgan fingerprint density at radius 1 is 1.12 bits per heavy atom. The lowest BCUT2D eigenvalue weighted by Gasteiger charge is -2.14. The van der Waals surface area contributed by atoms with E-state index in [1.54, 1.807) is 30.3 Å². The van der Waals surface area contributed by atoms with Crippen LogP contribution in [0.1, 0.15) is 10.4 Å². The van der Waals surface area contributed by atoms with Gasteiger partial charge in [-0.05, 0) is 56.1 Å². The Morgan fingerprint density at radius 3 is 2.48 bits per heavy atom. The van der Waals surface area contributed by atoms with Crippen molar-refractivity contribution in [2.45, 2.75) is 0 Å². The molecule has 0 fully saturated rings. The number of methoxy groups -OCH3 is 1. The molecular weight excluding hydrogens is 385 g/mol. The first-order valence-corrected chi connectivity index (χ1v) is 8.12. The summed E-state index contributed by atoms with van der Waals surface area (Å²) in [5.74, 6) is 0.137. The Morgan fingerprint density at radius 2 is 1.84 bits per heavy atom. The SMILES string of the molecule is COC(=O)c1cc(OCCN(C)C)cc(-c2cc(Cl)ccc2Cl)c1.Cl. The Labute approximate surface area is 164 Å². The highest BCUT2D eigenvalue weighted by molar-refractivity contribution is 6.35. The van der Waals surface area contributed by atoms with Gasteiger partial charge in [-0.15, -0.1) is 12.4 Å². The highest BCUT2D eigenvalue weighted by Gasteiger charge is 2.13. The molecule has 2 rings (SSSR count). The minimum Gasteiger partial charge on any atom is -0.492 e. The summed E-state index contributed by atoms with van der Waals surface area (Å²) in [5, 5.41) is 1.11. The van der Waals surface area contributed by atoms with Crippen molar-refractivity contribution in [3.05, 3.63) is 52.0 Å². The van der Waals surface area contributed by atoms with Gasteiger partial charge in [0.05, 0.1) is 12.7 Å². The van der Waals surface area contributed by atoms with Crippen molar-refractivity contribution < 1.29 is 14.3 Å². The molecule has 0 aliphatic rings. The van der Waals surface area contributed by atoms with E-state index in [0.29, 0.717) is 28.0 Å². The van der Waals surface area contributed by atoms with Gasteiger partial charge in [0.15, 0.2) is 0 Å². The number of benzene rings is 2. The van der Waals surface area contributed by atoms with E-state index in [2.05, 4.69) is 0 Å². The summed E-state index contributed by atoms with van der Waals surface area (Å²) in [7, 11) is 5.27. The van der Waals surface area contributed by atoms with Crippen LogP contribution < -0.4 is 4.74 Å². The fourth-order valence-electron chi connectivity index (χ4n) is 2.14. The van der Waals surface area contributed by atoms with Crippen LogP contribution in [0.25, 0.3) is 11.1 Å². The molecule has 0 bridgehead atoms. The van der Waals surface area contributed by atoms with Crippen molar-refractivity contribution in [3.8, 4) is 16.9 Å². The maximum atomic E-state index is 11.9. The standard InChI is InChI=1S/C18H19Cl2NO3.ClH/c1-21(2)6-7-24-15-9-12(8-13(10-15)18(22)23-3)16-11-14(19)4-5-17(16)20;/h4-5,8-11H,6-7H2,1-3H3;1H. The molecule has 0 aliphatic carbocycles. The molecule has 0 spiro atoms. The van der Waals surface area contributed by atoms with Crippen molar-refractivity contribution in [1.29, 1.82) is 0 Å². The molecule has 0 aromatic heterocycles. The monoisotopic (exact) mass is 403 g/mol. The fraction of sp³-hybridized carbons (Fsp3) is 0.278. The second-order valence-electron chi connectivity index (χ2n) is 5.51. The number of hydrogen-bond acceptors (Lipinski definition) is 4. The van der Waals surface area contributed by atoms with E-state index in [4.69, 9.17) is 32.7 Å². The van der Waals surface area contributed by atoms with Crippen LogP contribution in [-0.2, 0) is 4.74 Å². The van der Waals surface area contributed by atoms with Crippen molar-refractivity contribution in [2.24, 2.45) is 0 Å². The predicted octanol–water partition coefficient (Wildman–Crippen LogP) is 4.81. The van der Waals surface area contributed by atoms with Crippen LogP contribution in [0.5, 0.6) is 5.75 Å². The minimum absolute atomic E-state index is 0. The minimum atomic E-state index is -0.438. The van der Waals surface area contributed by atoms with E-state index >= 15 is 0 Å². The van der Waals surface area contributed by atoms with Gasteiger partial charge in [0.2, 0.25) is 0 Å². The fourth-order valence-corrected chi connectivity index (χ4v) is 2.54. The first kappa shape index (κ1) is 21.6. The topological polar surface area (TPSA) is 38.8 Å². The van der Waals surface area contributed by atoms with Crippen LogP contribution in [0.15, 0.2) is 36.4 Å². The molecule has 0 heterocycles. The summed E-state index contributed by atoms with van der Waals surface area (Å²) < 4.78 is 10.6. The van der Waals surface area contributed by atoms with Gasteiger partial charge in [-0.1, -0.05) is 23.2 Å². The van der Waals surface area contributed by atoms with E-state index in [0.717, 1.165) is 17.7 Å². The van der Waals surface area contributed by atoms with E-state index < -0.39 is 5.97 Å². The summed E-state index contributed by atoms with van der Waals surface area (Å²) in [4.78, 5) is 14.0. The average Bonchev–Trinajstić information content (AvgIpc) is 2.55. The van der Waals surface area contributed by atoms with Gasteiger partial charge in [0.1, 0.15) is 12.4 Å². The van der Waals surface area contributed by atoms with Gasteiger partial charge in [-0.25, -0.2) is 4.79 Å². The molecule has 2 aromatic rings. The Kier molecular flexibility index (Phi) is 8.53. The van der Waals surface area contributed by atoms with E-state index in [-0.39, 0.29) is 12.4 Å². The Bertz CT molecular complexity index is 736. The maximum Gasteiger partial charge on any atom is 0.338 e. The third-order valence-corrected chi connectivity index (χ3v) is 3.94. The van der Waals surface area contributed by atoms with Gasteiger partial charge >= 0.3 is 5.97 Å². The summed E-state index contributed by atoms with van der Waals surface area (Å²) in [6.07, 6.45) is 0. The lowest BCUT2D eigenvalue weighted by atomic mass is 10.0. The zero-order chi connectivity index (χ0) is 17.7. The van der Waals surface area contributed by atoms with Crippen molar-refractivity contribution in [2.75, 3.05) is 34.4 Å². The quantitative estimate of drug-likeness (QED) is 0.648. The summed E-state index contributed by atoms with van der Waals surface area (Å²) in [5.41, 5.74) is 1.86. The second-order valence-corrected chi connectivity index (χ2v) is 6.36. The van der Waals surface area contributed by atoms with Crippen molar-refractivity contribution >= 4 is 41.6 Å². The van der Waals surface area contributed by atoms with Gasteiger partial charge in [0, 0.05) is 22.2 Å². The maximum absolute atomic E-state index is 11.9. The molecule has 25 heavy (non-hydrogen) atoms. The van der Waals surface area contributed by atoms with Crippen LogP contribution in [0.2, 0.25) is 10.0 Å². The molecule has 0 radical (unpaired) electrons. The number of carbonyl (C=O) groups is 1. The molecule has 136 valence electrons. The first-order chi connectivity index (χ1) is 11.4. The van der Waals surface area contributed by atoms with Gasteiger partial charge < -0.3 is 14.4 Å². The number of likely N-dealkylation sites (N-methyl/N-ethyl adjacent to an activating group) is 1. The largest absolute Gasteiger partial charge is 0.492 e. The molecule has 7 heteroatoms. The van der Waals surface area contributed by atoms with E-state index in [1.165, 1.54) is 7.11 Å². The third-order valence-electron chi connectivity index (χ3n) is 3.37. The van der Waals surface area contributed by atoms with Gasteiger partial charge in [-0.2, -0.15) is 0 Å². The van der Waals surface area contributed by atoms with Gasteiger partial charge in [-0.3, -0.25) is 0 Å². The van der Waals surface area contributed by atoms with Crippen LogP contribution in [-0.4, -0.2) is 45.2 Å². The molecule has 2 aromatic carbocycles. The highest BCUT2D eigenvalue weighted by Crippen LogP contribution is 2.33. The molecule has 0 aliphatic heterocycles. The highest BCUT2D eigenvalue weighted by atomic mass is 35.5. The smallest absolute Gasteiger partial charge is 0.338 e.